The van der Waals surface area contributed by atoms with E-state index in [2.05, 4.69) is 10.2 Å². The Labute approximate surface area is 126 Å². The van der Waals surface area contributed by atoms with Crippen LogP contribution in [0, 0.1) is 0 Å². The van der Waals surface area contributed by atoms with Gasteiger partial charge in [-0.15, -0.1) is 0 Å². The molecule has 5 nitrogen and oxygen atoms in total. The van der Waals surface area contributed by atoms with Gasteiger partial charge in [0.25, 0.3) is 0 Å². The van der Waals surface area contributed by atoms with Gasteiger partial charge in [0.2, 0.25) is 0 Å². The number of hydrogen-bond donors (Lipinski definition) is 2. The zero-order valence-corrected chi connectivity index (χ0v) is 12.7. The van der Waals surface area contributed by atoms with Crippen molar-refractivity contribution in [2.75, 3.05) is 43.8 Å². The molecule has 1 aromatic carbocycles. The molecule has 1 heterocycles. The van der Waals surface area contributed by atoms with E-state index in [0.717, 1.165) is 18.8 Å². The fourth-order valence-electron chi connectivity index (χ4n) is 2.63. The number of hydrogen-bond acceptors (Lipinski definition) is 5. The van der Waals surface area contributed by atoms with Crippen molar-refractivity contribution in [1.82, 2.24) is 4.90 Å². The number of carbonyl (C=O) groups excluding carboxylic acids is 1. The van der Waals surface area contributed by atoms with Crippen molar-refractivity contribution < 1.29 is 9.53 Å². The predicted octanol–water partition coefficient (Wildman–Crippen LogP) is 2.34. The molecular weight excluding hydrogens is 266 g/mol. The molecular formula is C16H25N3O2. The van der Waals surface area contributed by atoms with Crippen LogP contribution in [0.3, 0.4) is 0 Å². The number of nitrogens with zero attached hydrogens (tertiary/aromatic N) is 1. The maximum atomic E-state index is 12.0. The number of likely N-dealkylation sites (tertiary alicyclic amines) is 1. The summed E-state index contributed by atoms with van der Waals surface area (Å²) in [5.74, 6) is -0.328. The summed E-state index contributed by atoms with van der Waals surface area (Å²) in [6.07, 6.45) is 3.92. The monoisotopic (exact) mass is 291 g/mol. The van der Waals surface area contributed by atoms with Crippen molar-refractivity contribution in [1.29, 1.82) is 0 Å². The third-order valence-electron chi connectivity index (χ3n) is 3.73. The first kappa shape index (κ1) is 15.6. The molecule has 0 saturated carbocycles. The number of carbonyl (C=O) groups is 1. The van der Waals surface area contributed by atoms with Crippen molar-refractivity contribution in [3.63, 3.8) is 0 Å². The topological polar surface area (TPSA) is 67.6 Å². The largest absolute Gasteiger partial charge is 0.462 e. The van der Waals surface area contributed by atoms with Crippen LogP contribution < -0.4 is 11.1 Å². The second-order valence-corrected chi connectivity index (χ2v) is 5.35. The number of nitrogen functional groups attached to an aromatic ring is 1. The number of esters is 1. The minimum Gasteiger partial charge on any atom is -0.462 e. The maximum absolute atomic E-state index is 12.0. The lowest BCUT2D eigenvalue weighted by molar-refractivity contribution is 0.0527. The highest BCUT2D eigenvalue weighted by Crippen LogP contribution is 2.20. The van der Waals surface area contributed by atoms with Gasteiger partial charge in [0, 0.05) is 24.5 Å². The van der Waals surface area contributed by atoms with Gasteiger partial charge in [-0.05, 0) is 51.1 Å². The van der Waals surface area contributed by atoms with Crippen molar-refractivity contribution >= 4 is 17.3 Å². The SMILES string of the molecule is CCOC(=O)c1cc(N)ccc1NCCN1CCCCC1. The summed E-state index contributed by atoms with van der Waals surface area (Å²) >= 11 is 0. The number of nitrogens with one attached hydrogen (secondary N) is 1. The molecule has 2 rings (SSSR count). The Balaban J connectivity index is 1.93. The molecule has 0 radical (unpaired) electrons. The van der Waals surface area contributed by atoms with E-state index in [1.807, 2.05) is 6.07 Å². The molecule has 0 amide bonds. The van der Waals surface area contributed by atoms with Crippen LogP contribution in [-0.4, -0.2) is 43.7 Å². The van der Waals surface area contributed by atoms with E-state index in [4.69, 9.17) is 10.5 Å². The van der Waals surface area contributed by atoms with E-state index >= 15 is 0 Å². The van der Waals surface area contributed by atoms with Gasteiger partial charge >= 0.3 is 5.97 Å². The lowest BCUT2D eigenvalue weighted by Gasteiger charge is -2.26. The molecule has 1 fully saturated rings. The summed E-state index contributed by atoms with van der Waals surface area (Å²) in [6.45, 7) is 6.32. The summed E-state index contributed by atoms with van der Waals surface area (Å²) < 4.78 is 5.07. The smallest absolute Gasteiger partial charge is 0.340 e. The summed E-state index contributed by atoms with van der Waals surface area (Å²) in [7, 11) is 0. The number of benzene rings is 1. The van der Waals surface area contributed by atoms with Crippen LogP contribution in [0.4, 0.5) is 11.4 Å². The van der Waals surface area contributed by atoms with Crippen LogP contribution in [0.1, 0.15) is 36.5 Å². The van der Waals surface area contributed by atoms with E-state index in [1.54, 1.807) is 19.1 Å². The van der Waals surface area contributed by atoms with Crippen LogP contribution in [0.5, 0.6) is 0 Å². The first-order chi connectivity index (χ1) is 10.2. The zero-order valence-electron chi connectivity index (χ0n) is 12.7. The maximum Gasteiger partial charge on any atom is 0.340 e. The number of rotatable bonds is 6. The van der Waals surface area contributed by atoms with E-state index in [9.17, 15) is 4.79 Å². The van der Waals surface area contributed by atoms with Crippen LogP contribution in [0.2, 0.25) is 0 Å². The first-order valence-electron chi connectivity index (χ1n) is 7.73. The lowest BCUT2D eigenvalue weighted by Crippen LogP contribution is -2.33. The zero-order chi connectivity index (χ0) is 15.1. The predicted molar refractivity (Wildman–Crippen MR) is 85.6 cm³/mol. The summed E-state index contributed by atoms with van der Waals surface area (Å²) in [5, 5.41) is 3.33. The highest BCUT2D eigenvalue weighted by molar-refractivity contribution is 5.96. The van der Waals surface area contributed by atoms with Gasteiger partial charge in [0.1, 0.15) is 0 Å². The Kier molecular flexibility index (Phi) is 5.87. The van der Waals surface area contributed by atoms with Crippen molar-refractivity contribution in [3.05, 3.63) is 23.8 Å². The van der Waals surface area contributed by atoms with Gasteiger partial charge < -0.3 is 20.7 Å². The molecule has 0 unspecified atom stereocenters. The molecule has 0 atom stereocenters. The van der Waals surface area contributed by atoms with Gasteiger partial charge in [-0.3, -0.25) is 0 Å². The molecule has 0 aromatic heterocycles. The molecule has 1 saturated heterocycles. The molecule has 0 bridgehead atoms. The highest BCUT2D eigenvalue weighted by Gasteiger charge is 2.14. The first-order valence-corrected chi connectivity index (χ1v) is 7.73. The van der Waals surface area contributed by atoms with E-state index < -0.39 is 0 Å². The molecule has 1 aliphatic heterocycles. The average molecular weight is 291 g/mol. The standard InChI is InChI=1S/C16H25N3O2/c1-2-21-16(20)14-12-13(17)6-7-15(14)18-8-11-19-9-4-3-5-10-19/h6-7,12,18H,2-5,8-11,17H2,1H3. The third kappa shape index (κ3) is 4.63. The molecule has 3 N–H and O–H groups in total. The van der Waals surface area contributed by atoms with Crippen molar-refractivity contribution in [2.24, 2.45) is 0 Å². The molecule has 1 aromatic rings. The van der Waals surface area contributed by atoms with Crippen molar-refractivity contribution in [3.8, 4) is 0 Å². The Bertz CT molecular complexity index is 471. The van der Waals surface area contributed by atoms with Crippen LogP contribution in [0.25, 0.3) is 0 Å². The van der Waals surface area contributed by atoms with Gasteiger partial charge in [-0.1, -0.05) is 6.42 Å². The quantitative estimate of drug-likeness (QED) is 0.622. The number of anilines is 2. The minimum atomic E-state index is -0.328. The van der Waals surface area contributed by atoms with Crippen LogP contribution >= 0.6 is 0 Å². The van der Waals surface area contributed by atoms with Crippen LogP contribution in [0.15, 0.2) is 18.2 Å². The van der Waals surface area contributed by atoms with Gasteiger partial charge in [0.15, 0.2) is 0 Å². The normalized spacial score (nSPS) is 15.7. The average Bonchev–Trinajstić information content (AvgIpc) is 2.50. The van der Waals surface area contributed by atoms with E-state index in [1.165, 1.54) is 32.4 Å². The Morgan fingerprint density at radius 1 is 1.33 bits per heavy atom. The molecule has 0 aliphatic carbocycles. The van der Waals surface area contributed by atoms with Gasteiger partial charge in [-0.25, -0.2) is 4.79 Å². The molecule has 5 heteroatoms. The molecule has 0 spiro atoms. The summed E-state index contributed by atoms with van der Waals surface area (Å²) in [4.78, 5) is 14.4. The molecule has 21 heavy (non-hydrogen) atoms. The fraction of sp³-hybridized carbons (Fsp3) is 0.562. The Morgan fingerprint density at radius 3 is 2.81 bits per heavy atom. The van der Waals surface area contributed by atoms with E-state index in [-0.39, 0.29) is 5.97 Å². The minimum absolute atomic E-state index is 0.328. The van der Waals surface area contributed by atoms with Gasteiger partial charge in [-0.2, -0.15) is 0 Å². The lowest BCUT2D eigenvalue weighted by atomic mass is 10.1. The second kappa shape index (κ2) is 7.88. The summed E-state index contributed by atoms with van der Waals surface area (Å²) in [6, 6.07) is 5.31. The number of nitrogens with two attached hydrogens (primary N) is 1. The highest BCUT2D eigenvalue weighted by atomic mass is 16.5. The summed E-state index contributed by atoms with van der Waals surface area (Å²) in [5.41, 5.74) is 7.63. The van der Waals surface area contributed by atoms with Crippen molar-refractivity contribution in [2.45, 2.75) is 26.2 Å². The Morgan fingerprint density at radius 2 is 2.10 bits per heavy atom. The molecule has 1 aliphatic rings. The number of piperidine rings is 1. The second-order valence-electron chi connectivity index (χ2n) is 5.35. The Hall–Kier alpha value is -1.75. The fourth-order valence-corrected chi connectivity index (χ4v) is 2.63. The van der Waals surface area contributed by atoms with Crippen LogP contribution in [-0.2, 0) is 4.74 Å². The van der Waals surface area contributed by atoms with E-state index in [0.29, 0.717) is 17.9 Å². The number of ether oxygens (including phenoxy) is 1. The molecule has 116 valence electrons. The van der Waals surface area contributed by atoms with Gasteiger partial charge in [0.05, 0.1) is 12.2 Å². The third-order valence-corrected chi connectivity index (χ3v) is 3.73.